The van der Waals surface area contributed by atoms with Gasteiger partial charge in [0, 0.05) is 12.2 Å². The van der Waals surface area contributed by atoms with Gasteiger partial charge < -0.3 is 17.6 Å². The Bertz CT molecular complexity index is 234. The second kappa shape index (κ2) is 6.04. The largest absolute Gasteiger partial charge is 0.398 e. The molecule has 1 heteroatoms. The lowest BCUT2D eigenvalue weighted by atomic mass is 10.7. The Morgan fingerprint density at radius 2 is 1.33 bits per heavy atom. The van der Waals surface area contributed by atoms with Crippen molar-refractivity contribution in [2.45, 2.75) is 0 Å². The summed E-state index contributed by atoms with van der Waals surface area (Å²) in [4.78, 5) is 0. The predicted molar refractivity (Wildman–Crippen MR) is 30.9 cm³/mol. The summed E-state index contributed by atoms with van der Waals surface area (Å²) in [5.74, 6) is 7.67. The molecular weight excluding hydrogens is 112 g/mol. The van der Waals surface area contributed by atoms with Gasteiger partial charge in [-0.3, -0.25) is 11.8 Å². The molecule has 0 heterocycles. The lowest BCUT2D eigenvalue weighted by molar-refractivity contribution is 0.479. The van der Waals surface area contributed by atoms with Crippen molar-refractivity contribution in [1.29, 1.82) is 0 Å². The first-order valence-corrected chi connectivity index (χ1v) is 1.91. The van der Waals surface area contributed by atoms with Gasteiger partial charge in [-0.2, -0.15) is 0 Å². The summed E-state index contributed by atoms with van der Waals surface area (Å²) in [7, 11) is 0. The van der Waals surface area contributed by atoms with Gasteiger partial charge in [0.25, 0.3) is 0 Å². The van der Waals surface area contributed by atoms with E-state index in [9.17, 15) is 0 Å². The Labute approximate surface area is 54.4 Å². The van der Waals surface area contributed by atoms with E-state index in [-0.39, 0.29) is 0 Å². The zero-order chi connectivity index (χ0) is 6.95. The van der Waals surface area contributed by atoms with Crippen LogP contribution in [0, 0.1) is 48.7 Å². The van der Waals surface area contributed by atoms with Crippen molar-refractivity contribution < 1.29 is 4.74 Å². The number of hydrogen-bond donors (Lipinski definition) is 0. The summed E-state index contributed by atoms with van der Waals surface area (Å²) in [6, 6.07) is 0. The molecule has 1 nitrogen and oxygen atoms in total. The number of hydrogen-bond acceptors (Lipinski definition) is 1. The molecule has 0 unspecified atom stereocenters. The smallest absolute Gasteiger partial charge is 0.0219 e. The summed E-state index contributed by atoms with van der Waals surface area (Å²) in [5.41, 5.74) is 0. The minimum atomic E-state index is 1.77. The van der Waals surface area contributed by atoms with E-state index in [0.29, 0.717) is 0 Å². The second-order valence-electron chi connectivity index (χ2n) is 0.806. The van der Waals surface area contributed by atoms with E-state index in [4.69, 9.17) is 12.8 Å². The molecule has 0 aliphatic rings. The van der Waals surface area contributed by atoms with Crippen molar-refractivity contribution >= 4 is 0 Å². The Morgan fingerprint density at radius 1 is 0.889 bits per heavy atom. The highest BCUT2D eigenvalue weighted by molar-refractivity contribution is 5.19. The minimum Gasteiger partial charge on any atom is -0.398 e. The Morgan fingerprint density at radius 3 is 1.67 bits per heavy atom. The maximum atomic E-state index is 6.28. The van der Waals surface area contributed by atoms with Gasteiger partial charge in [-0.1, -0.05) is 0 Å². The average Bonchev–Trinajstić information content (AvgIpc) is 1.89. The molecule has 0 bridgehead atoms. The Hall–Kier alpha value is -1.96. The van der Waals surface area contributed by atoms with Crippen LogP contribution in [-0.2, 0) is 4.74 Å². The van der Waals surface area contributed by atoms with Crippen LogP contribution in [0.3, 0.4) is 0 Å². The maximum Gasteiger partial charge on any atom is 0.0219 e. The van der Waals surface area contributed by atoms with Crippen molar-refractivity contribution in [3.8, 4) is 35.9 Å². The van der Waals surface area contributed by atoms with E-state index in [1.807, 2.05) is 12.2 Å². The fraction of sp³-hybridized carbons (Fsp3) is 0. The summed E-state index contributed by atoms with van der Waals surface area (Å²) < 4.78 is 4.23. The topological polar surface area (TPSA) is 9.23 Å². The van der Waals surface area contributed by atoms with Crippen molar-refractivity contribution in [1.82, 2.24) is 0 Å². The van der Waals surface area contributed by atoms with Crippen LogP contribution in [0.4, 0.5) is 0 Å². The Kier molecular flexibility index (Phi) is 4.72. The van der Waals surface area contributed by atoms with Crippen LogP contribution in [0.15, 0.2) is 0 Å². The molecule has 0 N–H and O–H groups in total. The van der Waals surface area contributed by atoms with Gasteiger partial charge in [0.1, 0.15) is 0 Å². The average molecular weight is 112 g/mol. The van der Waals surface area contributed by atoms with Gasteiger partial charge in [-0.25, -0.2) is 11.8 Å². The maximum absolute atomic E-state index is 6.28. The lowest BCUT2D eigenvalue weighted by Gasteiger charge is -1.80. The molecule has 0 aliphatic heterocycles. The van der Waals surface area contributed by atoms with Gasteiger partial charge in [-0.05, 0) is 0 Å². The van der Waals surface area contributed by atoms with Crippen molar-refractivity contribution in [3.05, 3.63) is 12.8 Å². The van der Waals surface area contributed by atoms with Crippen LogP contribution in [-0.4, -0.2) is 0 Å². The monoisotopic (exact) mass is 112 g/mol. The molecule has 0 saturated heterocycles. The van der Waals surface area contributed by atoms with Crippen molar-refractivity contribution in [2.24, 2.45) is 0 Å². The predicted octanol–water partition coefficient (Wildman–Crippen LogP) is 0.104. The molecule has 0 aromatic heterocycles. The highest BCUT2D eigenvalue weighted by atomic mass is 16.5. The van der Waals surface area contributed by atoms with Crippen LogP contribution in [0.25, 0.3) is 0 Å². The van der Waals surface area contributed by atoms with E-state index in [1.54, 1.807) is 11.8 Å². The molecule has 0 spiro atoms. The molecule has 0 saturated carbocycles. The standard InChI is InChI=1S/C8O/c1-3-5-7-9-8-6-4-2/q-2. The van der Waals surface area contributed by atoms with E-state index in [2.05, 4.69) is 16.6 Å². The van der Waals surface area contributed by atoms with Crippen LogP contribution < -0.4 is 0 Å². The van der Waals surface area contributed by atoms with E-state index in [0.717, 1.165) is 0 Å². The van der Waals surface area contributed by atoms with E-state index in [1.165, 1.54) is 0 Å². The molecule has 0 rings (SSSR count). The van der Waals surface area contributed by atoms with Crippen LogP contribution >= 0.6 is 0 Å². The molecule has 0 aliphatic carbocycles. The van der Waals surface area contributed by atoms with Crippen molar-refractivity contribution in [2.75, 3.05) is 0 Å². The van der Waals surface area contributed by atoms with Crippen LogP contribution in [0.1, 0.15) is 0 Å². The van der Waals surface area contributed by atoms with Crippen LogP contribution in [0.2, 0.25) is 0 Å². The first kappa shape index (κ1) is 7.04. The summed E-state index contributed by atoms with van der Waals surface area (Å²) in [6.45, 7) is 0. The third-order valence-corrected chi connectivity index (χ3v) is 0.329. The molecule has 0 aromatic rings. The normalized spacial score (nSPS) is 3.78. The van der Waals surface area contributed by atoms with E-state index < -0.39 is 0 Å². The molecule has 0 aromatic carbocycles. The molecule has 0 fully saturated rings. The fourth-order valence-corrected chi connectivity index (χ4v) is 0.128. The molecular formula is C8O-2. The van der Waals surface area contributed by atoms with Crippen LogP contribution in [0.5, 0.6) is 0 Å². The SMILES string of the molecule is [C-]#CC#COC#CC#[C-]. The lowest BCUT2D eigenvalue weighted by Crippen LogP contribution is -1.63. The third-order valence-electron chi connectivity index (χ3n) is 0.329. The first-order valence-electron chi connectivity index (χ1n) is 1.91. The quantitative estimate of drug-likeness (QED) is 0.319. The first-order chi connectivity index (χ1) is 4.41. The highest BCUT2D eigenvalue weighted by Crippen LogP contribution is 1.60. The molecule has 0 amide bonds. The van der Waals surface area contributed by atoms with Crippen molar-refractivity contribution in [3.63, 3.8) is 0 Å². The Balaban J connectivity index is 3.59. The second-order valence-corrected chi connectivity index (χ2v) is 0.806. The highest BCUT2D eigenvalue weighted by Gasteiger charge is 1.45. The zero-order valence-electron chi connectivity index (χ0n) is 4.41. The van der Waals surface area contributed by atoms with Gasteiger partial charge >= 0.3 is 0 Å². The molecule has 0 radical (unpaired) electrons. The minimum absolute atomic E-state index is 1.77. The zero-order valence-corrected chi connectivity index (χ0v) is 4.41. The fourth-order valence-electron chi connectivity index (χ4n) is 0.128. The number of ether oxygens (including phenoxy) is 1. The molecule has 9 heavy (non-hydrogen) atoms. The summed E-state index contributed by atoms with van der Waals surface area (Å²) >= 11 is 0. The summed E-state index contributed by atoms with van der Waals surface area (Å²) in [6.07, 6.45) is 16.6. The van der Waals surface area contributed by atoms with Gasteiger partial charge in [-0.15, -0.1) is 0 Å². The van der Waals surface area contributed by atoms with Gasteiger partial charge in [0.15, 0.2) is 0 Å². The van der Waals surface area contributed by atoms with Gasteiger partial charge in [0.2, 0.25) is 0 Å². The third kappa shape index (κ3) is 6.04. The summed E-state index contributed by atoms with van der Waals surface area (Å²) in [5, 5.41) is 0. The number of rotatable bonds is 0. The molecule has 40 valence electrons. The van der Waals surface area contributed by atoms with E-state index >= 15 is 0 Å². The van der Waals surface area contributed by atoms with Gasteiger partial charge in [0.05, 0.1) is 0 Å². The molecule has 0 atom stereocenters.